The monoisotopic (exact) mass is 253 g/mol. The second-order valence-corrected chi connectivity index (χ2v) is 4.85. The number of hydrogen-bond acceptors (Lipinski definition) is 1. The number of carbonyl (C=O) groups is 1. The summed E-state index contributed by atoms with van der Waals surface area (Å²) in [6.07, 6.45) is 0.809. The lowest BCUT2D eigenvalue weighted by molar-refractivity contribution is -0.119. The van der Waals surface area contributed by atoms with E-state index in [9.17, 15) is 4.79 Å². The van der Waals surface area contributed by atoms with Gasteiger partial charge < -0.3 is 5.32 Å². The number of benzene rings is 2. The van der Waals surface area contributed by atoms with E-state index in [0.29, 0.717) is 0 Å². The topological polar surface area (TPSA) is 29.1 Å². The van der Waals surface area contributed by atoms with Gasteiger partial charge in [0.2, 0.25) is 5.91 Å². The molecular formula is C17H19NO. The van der Waals surface area contributed by atoms with Crippen molar-refractivity contribution in [2.45, 2.75) is 26.3 Å². The van der Waals surface area contributed by atoms with Crippen molar-refractivity contribution in [3.05, 3.63) is 71.3 Å². The average molecular weight is 253 g/mol. The van der Waals surface area contributed by atoms with Gasteiger partial charge in [0.25, 0.3) is 0 Å². The molecule has 0 spiro atoms. The maximum Gasteiger partial charge on any atom is 0.217 e. The smallest absolute Gasteiger partial charge is 0.217 e. The molecule has 0 aromatic heterocycles. The van der Waals surface area contributed by atoms with Crippen molar-refractivity contribution in [1.82, 2.24) is 5.32 Å². The Kier molecular flexibility index (Phi) is 4.35. The summed E-state index contributed by atoms with van der Waals surface area (Å²) in [4.78, 5) is 11.4. The van der Waals surface area contributed by atoms with Crippen molar-refractivity contribution in [3.63, 3.8) is 0 Å². The Morgan fingerprint density at radius 1 is 1.05 bits per heavy atom. The van der Waals surface area contributed by atoms with Crippen LogP contribution in [0.4, 0.5) is 0 Å². The minimum atomic E-state index is 0.000893. The van der Waals surface area contributed by atoms with Crippen molar-refractivity contribution < 1.29 is 4.79 Å². The molecule has 2 heteroatoms. The quantitative estimate of drug-likeness (QED) is 0.888. The van der Waals surface area contributed by atoms with Crippen LogP contribution < -0.4 is 5.32 Å². The van der Waals surface area contributed by atoms with Gasteiger partial charge in [-0.2, -0.15) is 0 Å². The number of hydrogen-bond donors (Lipinski definition) is 1. The Bertz CT molecular complexity index is 531. The molecule has 1 amide bonds. The Hall–Kier alpha value is -2.09. The van der Waals surface area contributed by atoms with Crippen molar-refractivity contribution in [1.29, 1.82) is 0 Å². The molecule has 0 aliphatic rings. The molecule has 0 aliphatic heterocycles. The first-order valence-corrected chi connectivity index (χ1v) is 6.53. The Labute approximate surface area is 114 Å². The van der Waals surface area contributed by atoms with E-state index < -0.39 is 0 Å². The predicted molar refractivity (Wildman–Crippen MR) is 77.9 cm³/mol. The van der Waals surface area contributed by atoms with Crippen LogP contribution in [0.5, 0.6) is 0 Å². The molecule has 0 saturated heterocycles. The van der Waals surface area contributed by atoms with Gasteiger partial charge in [-0.15, -0.1) is 0 Å². The molecule has 0 saturated carbocycles. The minimum absolute atomic E-state index is 0.000893. The third-order valence-corrected chi connectivity index (χ3v) is 3.14. The van der Waals surface area contributed by atoms with Gasteiger partial charge in [0.15, 0.2) is 0 Å². The van der Waals surface area contributed by atoms with E-state index in [1.807, 2.05) is 18.2 Å². The van der Waals surface area contributed by atoms with Crippen molar-refractivity contribution in [2.75, 3.05) is 0 Å². The largest absolute Gasteiger partial charge is 0.349 e. The van der Waals surface area contributed by atoms with Gasteiger partial charge in [0.1, 0.15) is 0 Å². The number of nitrogens with one attached hydrogen (secondary N) is 1. The molecule has 1 atom stereocenters. The van der Waals surface area contributed by atoms with Gasteiger partial charge in [-0.3, -0.25) is 4.79 Å². The van der Waals surface area contributed by atoms with Crippen LogP contribution in [0, 0.1) is 6.92 Å². The number of amides is 1. The summed E-state index contributed by atoms with van der Waals surface area (Å²) in [6.45, 7) is 3.64. The SMILES string of the molecule is CC(=O)N[C@@H](Cc1ccc(C)cc1)c1ccccc1. The van der Waals surface area contributed by atoms with E-state index in [4.69, 9.17) is 0 Å². The Morgan fingerprint density at radius 3 is 2.26 bits per heavy atom. The molecule has 0 fully saturated rings. The summed E-state index contributed by atoms with van der Waals surface area (Å²) in [5, 5.41) is 3.02. The first kappa shape index (κ1) is 13.3. The van der Waals surface area contributed by atoms with Gasteiger partial charge in [0, 0.05) is 6.92 Å². The van der Waals surface area contributed by atoms with Crippen LogP contribution in [0.1, 0.15) is 29.7 Å². The minimum Gasteiger partial charge on any atom is -0.349 e. The van der Waals surface area contributed by atoms with E-state index in [0.717, 1.165) is 12.0 Å². The zero-order chi connectivity index (χ0) is 13.7. The lowest BCUT2D eigenvalue weighted by atomic mass is 9.98. The fourth-order valence-corrected chi connectivity index (χ4v) is 2.14. The number of aryl methyl sites for hydroxylation is 1. The molecule has 1 N–H and O–H groups in total. The third kappa shape index (κ3) is 3.95. The second-order valence-electron chi connectivity index (χ2n) is 4.85. The van der Waals surface area contributed by atoms with Gasteiger partial charge in [-0.05, 0) is 24.5 Å². The van der Waals surface area contributed by atoms with E-state index in [1.54, 1.807) is 6.92 Å². The van der Waals surface area contributed by atoms with Crippen molar-refractivity contribution >= 4 is 5.91 Å². The van der Waals surface area contributed by atoms with Crippen LogP contribution in [-0.4, -0.2) is 5.91 Å². The molecule has 2 nitrogen and oxygen atoms in total. The van der Waals surface area contributed by atoms with Gasteiger partial charge in [-0.1, -0.05) is 60.2 Å². The zero-order valence-corrected chi connectivity index (χ0v) is 11.4. The van der Waals surface area contributed by atoms with Crippen LogP contribution >= 0.6 is 0 Å². The molecule has 0 bridgehead atoms. The summed E-state index contributed by atoms with van der Waals surface area (Å²) in [5.74, 6) is 0.000893. The first-order valence-electron chi connectivity index (χ1n) is 6.53. The first-order chi connectivity index (χ1) is 9.15. The van der Waals surface area contributed by atoms with E-state index in [-0.39, 0.29) is 11.9 Å². The molecule has 0 heterocycles. The summed E-state index contributed by atoms with van der Waals surface area (Å²) in [6, 6.07) is 18.6. The molecular weight excluding hydrogens is 234 g/mol. The molecule has 0 radical (unpaired) electrons. The van der Waals surface area contributed by atoms with Crippen molar-refractivity contribution in [3.8, 4) is 0 Å². The molecule has 2 aromatic carbocycles. The van der Waals surface area contributed by atoms with Gasteiger partial charge in [-0.25, -0.2) is 0 Å². The van der Waals surface area contributed by atoms with E-state index >= 15 is 0 Å². The lowest BCUT2D eigenvalue weighted by Gasteiger charge is -2.18. The standard InChI is InChI=1S/C17H19NO/c1-13-8-10-15(11-9-13)12-17(18-14(2)19)16-6-4-3-5-7-16/h3-11,17H,12H2,1-2H3,(H,18,19)/t17-/m0/s1. The maximum absolute atomic E-state index is 11.4. The molecule has 2 aromatic rings. The van der Waals surface area contributed by atoms with Gasteiger partial charge >= 0.3 is 0 Å². The second kappa shape index (κ2) is 6.19. The van der Waals surface area contributed by atoms with Crippen LogP contribution in [0.2, 0.25) is 0 Å². The Balaban J connectivity index is 2.19. The highest BCUT2D eigenvalue weighted by Gasteiger charge is 2.12. The number of rotatable bonds is 4. The summed E-state index contributed by atoms with van der Waals surface area (Å²) >= 11 is 0. The van der Waals surface area contributed by atoms with Crippen molar-refractivity contribution in [2.24, 2.45) is 0 Å². The average Bonchev–Trinajstić information content (AvgIpc) is 2.41. The molecule has 2 rings (SSSR count). The lowest BCUT2D eigenvalue weighted by Crippen LogP contribution is -2.27. The highest BCUT2D eigenvalue weighted by atomic mass is 16.1. The Morgan fingerprint density at radius 2 is 1.68 bits per heavy atom. The molecule has 0 aliphatic carbocycles. The zero-order valence-electron chi connectivity index (χ0n) is 11.4. The predicted octanol–water partition coefficient (Wildman–Crippen LogP) is 3.41. The summed E-state index contributed by atoms with van der Waals surface area (Å²) < 4.78 is 0. The van der Waals surface area contributed by atoms with Crippen LogP contribution in [0.15, 0.2) is 54.6 Å². The molecule has 0 unspecified atom stereocenters. The van der Waals surface area contributed by atoms with E-state index in [1.165, 1.54) is 11.1 Å². The summed E-state index contributed by atoms with van der Waals surface area (Å²) in [5.41, 5.74) is 3.62. The fraction of sp³-hybridized carbons (Fsp3) is 0.235. The molecule has 98 valence electrons. The highest BCUT2D eigenvalue weighted by Crippen LogP contribution is 2.18. The summed E-state index contributed by atoms with van der Waals surface area (Å²) in [7, 11) is 0. The molecule has 19 heavy (non-hydrogen) atoms. The van der Waals surface area contributed by atoms with Crippen LogP contribution in [-0.2, 0) is 11.2 Å². The normalized spacial score (nSPS) is 11.9. The highest BCUT2D eigenvalue weighted by molar-refractivity contribution is 5.73. The fourth-order valence-electron chi connectivity index (χ4n) is 2.14. The van der Waals surface area contributed by atoms with Crippen LogP contribution in [0.25, 0.3) is 0 Å². The van der Waals surface area contributed by atoms with Crippen LogP contribution in [0.3, 0.4) is 0 Å². The van der Waals surface area contributed by atoms with Gasteiger partial charge in [0.05, 0.1) is 6.04 Å². The number of carbonyl (C=O) groups excluding carboxylic acids is 1. The maximum atomic E-state index is 11.4. The third-order valence-electron chi connectivity index (χ3n) is 3.14. The van der Waals surface area contributed by atoms with E-state index in [2.05, 4.69) is 48.6 Å².